The Hall–Kier alpha value is -1.02. The Labute approximate surface area is 129 Å². The van der Waals surface area contributed by atoms with Crippen LogP contribution in [-0.2, 0) is 12.8 Å². The van der Waals surface area contributed by atoms with Gasteiger partial charge in [-0.15, -0.1) is 0 Å². The van der Waals surface area contributed by atoms with Crippen LogP contribution >= 0.6 is 0 Å². The molecule has 3 rings (SSSR count). The van der Waals surface area contributed by atoms with Gasteiger partial charge in [0.25, 0.3) is 0 Å². The molecule has 2 aliphatic rings. The van der Waals surface area contributed by atoms with Crippen LogP contribution in [0.4, 0.5) is 0 Å². The first kappa shape index (κ1) is 14.9. The van der Waals surface area contributed by atoms with Crippen molar-refractivity contribution in [2.75, 3.05) is 7.05 Å². The first-order valence-electron chi connectivity index (χ1n) is 8.53. The monoisotopic (exact) mass is 287 g/mol. The van der Waals surface area contributed by atoms with E-state index in [1.807, 2.05) is 0 Å². The molecule has 2 unspecified atom stereocenters. The van der Waals surface area contributed by atoms with Crippen LogP contribution in [0.25, 0.3) is 0 Å². The normalized spacial score (nSPS) is 28.0. The van der Waals surface area contributed by atoms with Crippen molar-refractivity contribution < 1.29 is 4.74 Å². The summed E-state index contributed by atoms with van der Waals surface area (Å²) in [5, 5.41) is 3.45. The Morgan fingerprint density at radius 2 is 1.90 bits per heavy atom. The van der Waals surface area contributed by atoms with Gasteiger partial charge in [0.1, 0.15) is 11.9 Å². The molecule has 1 fully saturated rings. The van der Waals surface area contributed by atoms with E-state index >= 15 is 0 Å². The van der Waals surface area contributed by atoms with Gasteiger partial charge in [0.05, 0.1) is 0 Å². The third-order valence-electron chi connectivity index (χ3n) is 5.31. The van der Waals surface area contributed by atoms with Crippen LogP contribution in [0.2, 0.25) is 0 Å². The Morgan fingerprint density at radius 1 is 1.14 bits per heavy atom. The highest BCUT2D eigenvalue weighted by atomic mass is 16.5. The molecule has 0 radical (unpaired) electrons. The molecule has 116 valence electrons. The summed E-state index contributed by atoms with van der Waals surface area (Å²) in [5.74, 6) is 1.07. The van der Waals surface area contributed by atoms with E-state index in [1.165, 1.54) is 49.7 Å². The van der Waals surface area contributed by atoms with Crippen LogP contribution in [0.3, 0.4) is 0 Å². The van der Waals surface area contributed by atoms with E-state index in [1.54, 1.807) is 0 Å². The molecule has 0 bridgehead atoms. The van der Waals surface area contributed by atoms with Crippen LogP contribution in [0.5, 0.6) is 5.75 Å². The topological polar surface area (TPSA) is 21.3 Å². The minimum atomic E-state index is 0.292. The van der Waals surface area contributed by atoms with Crippen LogP contribution in [0.15, 0.2) is 18.2 Å². The van der Waals surface area contributed by atoms with E-state index in [0.717, 1.165) is 12.2 Å². The number of fused-ring (bicyclic) bond motifs is 1. The number of hydrogen-bond donors (Lipinski definition) is 1. The molecule has 1 aromatic rings. The van der Waals surface area contributed by atoms with Gasteiger partial charge in [-0.05, 0) is 80.7 Å². The fourth-order valence-corrected chi connectivity index (χ4v) is 3.93. The third-order valence-corrected chi connectivity index (χ3v) is 5.31. The summed E-state index contributed by atoms with van der Waals surface area (Å²) in [6, 6.07) is 7.24. The highest BCUT2D eigenvalue weighted by Crippen LogP contribution is 2.37. The molecule has 2 heteroatoms. The number of rotatable bonds is 3. The van der Waals surface area contributed by atoms with Crippen molar-refractivity contribution in [1.82, 2.24) is 5.32 Å². The molecule has 0 heterocycles. The molecule has 0 aliphatic heterocycles. The average Bonchev–Trinajstić information content (AvgIpc) is 2.46. The van der Waals surface area contributed by atoms with E-state index < -0.39 is 0 Å². The predicted molar refractivity (Wildman–Crippen MR) is 88.0 cm³/mol. The number of hydrogen-bond acceptors (Lipinski definition) is 2. The minimum Gasteiger partial charge on any atom is -0.489 e. The molecule has 0 saturated heterocycles. The zero-order valence-electron chi connectivity index (χ0n) is 13.7. The molecular formula is C19H29NO. The molecule has 1 saturated carbocycles. The van der Waals surface area contributed by atoms with Crippen molar-refractivity contribution in [1.29, 1.82) is 0 Å². The van der Waals surface area contributed by atoms with Crippen molar-refractivity contribution in [2.45, 2.75) is 70.9 Å². The number of aryl methyl sites for hydroxylation is 2. The SMILES string of the molecule is CNC1CCC(C)(C)CC1Oc1ccc2c(c1)CCCC2. The predicted octanol–water partition coefficient (Wildman–Crippen LogP) is 4.11. The molecule has 21 heavy (non-hydrogen) atoms. The van der Waals surface area contributed by atoms with E-state index in [0.29, 0.717) is 17.6 Å². The molecule has 2 atom stereocenters. The number of nitrogens with one attached hydrogen (secondary N) is 1. The largest absolute Gasteiger partial charge is 0.489 e. The molecular weight excluding hydrogens is 258 g/mol. The Bertz CT molecular complexity index is 494. The highest BCUT2D eigenvalue weighted by Gasteiger charge is 2.35. The Morgan fingerprint density at radius 3 is 2.67 bits per heavy atom. The van der Waals surface area contributed by atoms with Gasteiger partial charge in [-0.2, -0.15) is 0 Å². The second kappa shape index (κ2) is 6.00. The molecule has 1 aromatic carbocycles. The van der Waals surface area contributed by atoms with Gasteiger partial charge in [0, 0.05) is 6.04 Å². The summed E-state index contributed by atoms with van der Waals surface area (Å²) in [4.78, 5) is 0. The summed E-state index contributed by atoms with van der Waals surface area (Å²) in [7, 11) is 2.06. The zero-order valence-corrected chi connectivity index (χ0v) is 13.7. The molecule has 1 N–H and O–H groups in total. The van der Waals surface area contributed by atoms with E-state index in [-0.39, 0.29) is 0 Å². The lowest BCUT2D eigenvalue weighted by Crippen LogP contribution is -2.47. The molecule has 2 aliphatic carbocycles. The Kier molecular flexibility index (Phi) is 4.26. The zero-order chi connectivity index (χ0) is 14.9. The fraction of sp³-hybridized carbons (Fsp3) is 0.684. The summed E-state index contributed by atoms with van der Waals surface area (Å²) in [6.07, 6.45) is 9.04. The third kappa shape index (κ3) is 3.42. The number of likely N-dealkylation sites (N-methyl/N-ethyl adjacent to an activating group) is 1. The molecule has 0 spiro atoms. The second-order valence-electron chi connectivity index (χ2n) is 7.60. The second-order valence-corrected chi connectivity index (χ2v) is 7.60. The van der Waals surface area contributed by atoms with Gasteiger partial charge in [-0.1, -0.05) is 19.9 Å². The van der Waals surface area contributed by atoms with Gasteiger partial charge < -0.3 is 10.1 Å². The van der Waals surface area contributed by atoms with Crippen LogP contribution in [-0.4, -0.2) is 19.2 Å². The Balaban J connectivity index is 1.74. The van der Waals surface area contributed by atoms with Crippen molar-refractivity contribution in [3.8, 4) is 5.75 Å². The van der Waals surface area contributed by atoms with E-state index in [9.17, 15) is 0 Å². The highest BCUT2D eigenvalue weighted by molar-refractivity contribution is 5.37. The number of benzene rings is 1. The standard InChI is InChI=1S/C19H29NO/c1-19(2)11-10-17(20-3)18(13-19)21-16-9-8-14-6-4-5-7-15(14)12-16/h8-9,12,17-18,20H,4-7,10-11,13H2,1-3H3. The van der Waals surface area contributed by atoms with E-state index in [2.05, 4.69) is 44.4 Å². The molecule has 2 nitrogen and oxygen atoms in total. The maximum absolute atomic E-state index is 6.40. The van der Waals surface area contributed by atoms with Gasteiger partial charge >= 0.3 is 0 Å². The minimum absolute atomic E-state index is 0.292. The van der Waals surface area contributed by atoms with E-state index in [4.69, 9.17) is 4.74 Å². The van der Waals surface area contributed by atoms with Crippen molar-refractivity contribution in [3.05, 3.63) is 29.3 Å². The van der Waals surface area contributed by atoms with Gasteiger partial charge in [0.15, 0.2) is 0 Å². The summed E-state index contributed by atoms with van der Waals surface area (Å²) in [6.45, 7) is 4.73. The quantitative estimate of drug-likeness (QED) is 0.903. The maximum atomic E-state index is 6.40. The van der Waals surface area contributed by atoms with Gasteiger partial charge in [-0.25, -0.2) is 0 Å². The van der Waals surface area contributed by atoms with Crippen LogP contribution < -0.4 is 10.1 Å². The lowest BCUT2D eigenvalue weighted by atomic mass is 9.74. The van der Waals surface area contributed by atoms with Crippen molar-refractivity contribution >= 4 is 0 Å². The first-order valence-corrected chi connectivity index (χ1v) is 8.53. The smallest absolute Gasteiger partial charge is 0.120 e. The fourth-order valence-electron chi connectivity index (χ4n) is 3.93. The van der Waals surface area contributed by atoms with Gasteiger partial charge in [0.2, 0.25) is 0 Å². The summed E-state index contributed by atoms with van der Waals surface area (Å²) >= 11 is 0. The lowest BCUT2D eigenvalue weighted by Gasteiger charge is -2.40. The maximum Gasteiger partial charge on any atom is 0.120 e. The number of ether oxygens (including phenoxy) is 1. The van der Waals surface area contributed by atoms with Crippen molar-refractivity contribution in [2.24, 2.45) is 5.41 Å². The van der Waals surface area contributed by atoms with Gasteiger partial charge in [-0.3, -0.25) is 0 Å². The average molecular weight is 287 g/mol. The van der Waals surface area contributed by atoms with Crippen LogP contribution in [0, 0.1) is 5.41 Å². The summed E-state index contributed by atoms with van der Waals surface area (Å²) in [5.41, 5.74) is 3.43. The summed E-state index contributed by atoms with van der Waals surface area (Å²) < 4.78 is 6.40. The van der Waals surface area contributed by atoms with Crippen LogP contribution in [0.1, 0.15) is 57.1 Å². The molecule has 0 amide bonds. The first-order chi connectivity index (χ1) is 10.1. The lowest BCUT2D eigenvalue weighted by molar-refractivity contribution is 0.0558. The molecule has 0 aromatic heterocycles. The van der Waals surface area contributed by atoms with Crippen molar-refractivity contribution in [3.63, 3.8) is 0 Å².